The van der Waals surface area contributed by atoms with Gasteiger partial charge in [-0.2, -0.15) is 0 Å². The lowest BCUT2D eigenvalue weighted by atomic mass is 10.1. The highest BCUT2D eigenvalue weighted by Gasteiger charge is 2.25. The summed E-state index contributed by atoms with van der Waals surface area (Å²) in [5.74, 6) is 0.852. The average Bonchev–Trinajstić information content (AvgIpc) is 3.21. The largest absolute Gasteiger partial charge is 0.497 e. The molecule has 2 aromatic carbocycles. The third kappa shape index (κ3) is 3.90. The molecule has 7 heteroatoms. The number of aromatic nitrogens is 2. The van der Waals surface area contributed by atoms with Gasteiger partial charge in [0.2, 0.25) is 0 Å². The molecular formula is C22H19N3O3S. The first-order chi connectivity index (χ1) is 14.2. The van der Waals surface area contributed by atoms with Gasteiger partial charge < -0.3 is 9.47 Å². The molecule has 2 heterocycles. The normalized spacial score (nSPS) is 10.7. The van der Waals surface area contributed by atoms with Crippen molar-refractivity contribution < 1.29 is 14.3 Å². The number of rotatable bonds is 6. The zero-order chi connectivity index (χ0) is 20.2. The van der Waals surface area contributed by atoms with E-state index in [-0.39, 0.29) is 5.91 Å². The van der Waals surface area contributed by atoms with Gasteiger partial charge in [-0.15, -0.1) is 0 Å². The molecule has 4 rings (SSSR count). The van der Waals surface area contributed by atoms with Crippen LogP contribution in [0.4, 0.5) is 5.13 Å². The summed E-state index contributed by atoms with van der Waals surface area (Å²) in [5, 5.41) is 0.611. The Hall–Kier alpha value is -3.45. The van der Waals surface area contributed by atoms with Crippen LogP contribution >= 0.6 is 11.3 Å². The topological polar surface area (TPSA) is 64.5 Å². The average molecular weight is 405 g/mol. The van der Waals surface area contributed by atoms with E-state index >= 15 is 0 Å². The molecule has 146 valence electrons. The number of ether oxygens (including phenoxy) is 2. The number of pyridine rings is 1. The number of hydrogen-bond donors (Lipinski definition) is 0. The molecule has 0 aliphatic heterocycles. The predicted molar refractivity (Wildman–Crippen MR) is 114 cm³/mol. The van der Waals surface area contributed by atoms with Crippen molar-refractivity contribution >= 4 is 32.6 Å². The van der Waals surface area contributed by atoms with Crippen LogP contribution in [0.25, 0.3) is 10.2 Å². The smallest absolute Gasteiger partial charge is 0.264 e. The number of fused-ring (bicyclic) bond motifs is 1. The first-order valence-electron chi connectivity index (χ1n) is 8.99. The Balaban J connectivity index is 1.78. The van der Waals surface area contributed by atoms with Gasteiger partial charge in [0.05, 0.1) is 42.2 Å². The molecule has 0 atom stereocenters. The van der Waals surface area contributed by atoms with Crippen LogP contribution in [-0.2, 0) is 6.54 Å². The van der Waals surface area contributed by atoms with Crippen LogP contribution in [-0.4, -0.2) is 30.1 Å². The molecular weight excluding hydrogens is 386 g/mol. The molecule has 0 saturated carbocycles. The molecule has 29 heavy (non-hydrogen) atoms. The number of amides is 1. The second-order valence-electron chi connectivity index (χ2n) is 6.24. The molecule has 0 saturated heterocycles. The summed E-state index contributed by atoms with van der Waals surface area (Å²) >= 11 is 1.47. The molecule has 1 amide bonds. The van der Waals surface area contributed by atoms with Crippen molar-refractivity contribution in [2.45, 2.75) is 6.54 Å². The molecule has 0 fully saturated rings. The van der Waals surface area contributed by atoms with Gasteiger partial charge in [0, 0.05) is 12.3 Å². The zero-order valence-electron chi connectivity index (χ0n) is 16.0. The number of carbonyl (C=O) groups is 1. The molecule has 0 N–H and O–H groups in total. The Kier molecular flexibility index (Phi) is 5.39. The number of methoxy groups -OCH3 is 2. The van der Waals surface area contributed by atoms with Gasteiger partial charge in [-0.1, -0.05) is 29.5 Å². The van der Waals surface area contributed by atoms with E-state index in [1.165, 1.54) is 18.4 Å². The minimum absolute atomic E-state index is 0.214. The highest BCUT2D eigenvalue weighted by atomic mass is 32.1. The van der Waals surface area contributed by atoms with E-state index in [4.69, 9.17) is 9.47 Å². The summed E-state index contributed by atoms with van der Waals surface area (Å²) in [6.45, 7) is 0.300. The summed E-state index contributed by atoms with van der Waals surface area (Å²) in [4.78, 5) is 24.2. The van der Waals surface area contributed by atoms with Crippen LogP contribution in [0.3, 0.4) is 0 Å². The van der Waals surface area contributed by atoms with E-state index in [2.05, 4.69) is 9.97 Å². The monoisotopic (exact) mass is 405 g/mol. The van der Waals surface area contributed by atoms with E-state index in [9.17, 15) is 4.79 Å². The lowest BCUT2D eigenvalue weighted by Crippen LogP contribution is -2.31. The van der Waals surface area contributed by atoms with Crippen LogP contribution in [0, 0.1) is 0 Å². The van der Waals surface area contributed by atoms with Gasteiger partial charge in [-0.25, -0.2) is 4.98 Å². The van der Waals surface area contributed by atoms with Crippen LogP contribution in [0.2, 0.25) is 0 Å². The maximum Gasteiger partial charge on any atom is 0.264 e. The minimum Gasteiger partial charge on any atom is -0.497 e. The molecule has 4 aromatic rings. The Labute approximate surface area is 172 Å². The second kappa shape index (κ2) is 8.28. The summed E-state index contributed by atoms with van der Waals surface area (Å²) in [6, 6.07) is 18.6. The van der Waals surface area contributed by atoms with Crippen LogP contribution in [0.15, 0.2) is 66.9 Å². The van der Waals surface area contributed by atoms with Gasteiger partial charge in [0.1, 0.15) is 11.5 Å². The summed E-state index contributed by atoms with van der Waals surface area (Å²) in [6.07, 6.45) is 1.71. The van der Waals surface area contributed by atoms with Gasteiger partial charge in [0.25, 0.3) is 5.91 Å². The number of nitrogens with zero attached hydrogens (tertiary/aromatic N) is 3. The molecule has 0 unspecified atom stereocenters. The third-order valence-electron chi connectivity index (χ3n) is 4.44. The maximum absolute atomic E-state index is 13.5. The van der Waals surface area contributed by atoms with Crippen molar-refractivity contribution in [3.05, 3.63) is 78.1 Å². The lowest BCUT2D eigenvalue weighted by molar-refractivity contribution is 0.0982. The highest BCUT2D eigenvalue weighted by Crippen LogP contribution is 2.33. The molecule has 0 radical (unpaired) electrons. The fourth-order valence-corrected chi connectivity index (χ4v) is 3.94. The van der Waals surface area contributed by atoms with Gasteiger partial charge in [0.15, 0.2) is 5.13 Å². The Bertz CT molecular complexity index is 1110. The standard InChI is InChI=1S/C22H19N3O3S/c1-27-16-10-11-17(19(13-16)28-2)21(26)25(14-15-7-5-6-12-23-15)22-24-18-8-3-4-9-20(18)29-22/h3-13H,14H2,1-2H3. The first-order valence-corrected chi connectivity index (χ1v) is 9.80. The van der Waals surface area contributed by atoms with Crippen molar-refractivity contribution in [2.75, 3.05) is 19.1 Å². The lowest BCUT2D eigenvalue weighted by Gasteiger charge is -2.21. The molecule has 0 bridgehead atoms. The van der Waals surface area contributed by atoms with E-state index in [1.54, 1.807) is 36.4 Å². The Morgan fingerprint density at radius 3 is 2.59 bits per heavy atom. The number of anilines is 1. The molecule has 0 aliphatic rings. The maximum atomic E-state index is 13.5. The van der Waals surface area contributed by atoms with Crippen molar-refractivity contribution in [1.82, 2.24) is 9.97 Å². The van der Waals surface area contributed by atoms with Gasteiger partial charge >= 0.3 is 0 Å². The fraction of sp³-hybridized carbons (Fsp3) is 0.136. The number of carbonyl (C=O) groups excluding carboxylic acids is 1. The number of para-hydroxylation sites is 1. The van der Waals surface area contributed by atoms with Crippen LogP contribution in [0.5, 0.6) is 11.5 Å². The predicted octanol–water partition coefficient (Wildman–Crippen LogP) is 4.56. The summed E-state index contributed by atoms with van der Waals surface area (Å²) < 4.78 is 11.7. The fourth-order valence-electron chi connectivity index (χ4n) is 2.98. The van der Waals surface area contributed by atoms with E-state index in [1.807, 2.05) is 42.5 Å². The molecule has 0 aliphatic carbocycles. The number of thiazole rings is 1. The molecule has 2 aromatic heterocycles. The highest BCUT2D eigenvalue weighted by molar-refractivity contribution is 7.22. The van der Waals surface area contributed by atoms with Gasteiger partial charge in [-0.05, 0) is 36.4 Å². The number of hydrogen-bond acceptors (Lipinski definition) is 6. The van der Waals surface area contributed by atoms with E-state index in [0.29, 0.717) is 28.7 Å². The minimum atomic E-state index is -0.214. The second-order valence-corrected chi connectivity index (χ2v) is 7.25. The van der Waals surface area contributed by atoms with E-state index < -0.39 is 0 Å². The molecule has 6 nitrogen and oxygen atoms in total. The molecule has 0 spiro atoms. The third-order valence-corrected chi connectivity index (χ3v) is 5.50. The van der Waals surface area contributed by atoms with Gasteiger partial charge in [-0.3, -0.25) is 14.7 Å². The Morgan fingerprint density at radius 2 is 1.86 bits per heavy atom. The summed E-state index contributed by atoms with van der Waals surface area (Å²) in [5.41, 5.74) is 2.06. The quantitative estimate of drug-likeness (QED) is 0.471. The van der Waals surface area contributed by atoms with Crippen molar-refractivity contribution in [1.29, 1.82) is 0 Å². The van der Waals surface area contributed by atoms with Crippen molar-refractivity contribution in [3.8, 4) is 11.5 Å². The van der Waals surface area contributed by atoms with Crippen molar-refractivity contribution in [2.24, 2.45) is 0 Å². The SMILES string of the molecule is COc1ccc(C(=O)N(Cc2ccccn2)c2nc3ccccc3s2)c(OC)c1. The first kappa shape index (κ1) is 18.9. The van der Waals surface area contributed by atoms with Crippen molar-refractivity contribution in [3.63, 3.8) is 0 Å². The van der Waals surface area contributed by atoms with Crippen LogP contribution in [0.1, 0.15) is 16.1 Å². The zero-order valence-corrected chi connectivity index (χ0v) is 16.8. The number of benzene rings is 2. The van der Waals surface area contributed by atoms with E-state index in [0.717, 1.165) is 15.9 Å². The van der Waals surface area contributed by atoms with Crippen LogP contribution < -0.4 is 14.4 Å². The Morgan fingerprint density at radius 1 is 1.03 bits per heavy atom. The summed E-state index contributed by atoms with van der Waals surface area (Å²) in [7, 11) is 3.11.